The number of anilines is 1. The monoisotopic (exact) mass is 362 g/mol. The summed E-state index contributed by atoms with van der Waals surface area (Å²) in [7, 11) is 0. The van der Waals surface area contributed by atoms with Crippen LogP contribution in [0.5, 0.6) is 0 Å². The molecule has 0 bridgehead atoms. The molecule has 2 amide bonds. The number of aromatic nitrogens is 2. The molecule has 0 unspecified atom stereocenters. The SMILES string of the molecule is CC(C)CNC(=O)c1nc(C(=O)N2CCc3ccccc32)n2ccccc12. The van der Waals surface area contributed by atoms with Crippen LogP contribution in [0, 0.1) is 5.92 Å². The number of nitrogens with one attached hydrogen (secondary N) is 1. The summed E-state index contributed by atoms with van der Waals surface area (Å²) in [5.41, 5.74) is 2.99. The lowest BCUT2D eigenvalue weighted by Crippen LogP contribution is -2.31. The van der Waals surface area contributed by atoms with Crippen molar-refractivity contribution in [1.29, 1.82) is 0 Å². The number of carbonyl (C=O) groups excluding carboxylic acids is 2. The molecule has 0 saturated heterocycles. The maximum Gasteiger partial charge on any atom is 0.294 e. The van der Waals surface area contributed by atoms with Gasteiger partial charge in [0.1, 0.15) is 0 Å². The quantitative estimate of drug-likeness (QED) is 0.776. The van der Waals surface area contributed by atoms with E-state index in [1.54, 1.807) is 15.5 Å². The van der Waals surface area contributed by atoms with Gasteiger partial charge in [0.05, 0.1) is 5.52 Å². The van der Waals surface area contributed by atoms with Crippen molar-refractivity contribution >= 4 is 23.0 Å². The van der Waals surface area contributed by atoms with Gasteiger partial charge in [-0.3, -0.25) is 14.0 Å². The minimum atomic E-state index is -0.256. The number of amides is 2. The largest absolute Gasteiger partial charge is 0.350 e. The first-order chi connectivity index (χ1) is 13.1. The molecule has 3 heterocycles. The molecule has 1 aliphatic rings. The van der Waals surface area contributed by atoms with Gasteiger partial charge in [0.25, 0.3) is 11.8 Å². The van der Waals surface area contributed by atoms with Gasteiger partial charge in [-0.2, -0.15) is 0 Å². The van der Waals surface area contributed by atoms with Crippen LogP contribution in [-0.2, 0) is 6.42 Å². The Morgan fingerprint density at radius 2 is 1.93 bits per heavy atom. The number of rotatable bonds is 4. The summed E-state index contributed by atoms with van der Waals surface area (Å²) < 4.78 is 1.70. The first-order valence-electron chi connectivity index (χ1n) is 9.21. The van der Waals surface area contributed by atoms with Gasteiger partial charge < -0.3 is 10.2 Å². The lowest BCUT2D eigenvalue weighted by Gasteiger charge is -2.16. The van der Waals surface area contributed by atoms with Crippen molar-refractivity contribution in [2.75, 3.05) is 18.0 Å². The molecule has 0 radical (unpaired) electrons. The summed E-state index contributed by atoms with van der Waals surface area (Å²) in [4.78, 5) is 32.0. The summed E-state index contributed by atoms with van der Waals surface area (Å²) in [6, 6.07) is 13.4. The van der Waals surface area contributed by atoms with E-state index in [9.17, 15) is 9.59 Å². The molecule has 1 aliphatic heterocycles. The molecule has 4 rings (SSSR count). The van der Waals surface area contributed by atoms with E-state index < -0.39 is 0 Å². The average molecular weight is 362 g/mol. The van der Waals surface area contributed by atoms with Crippen LogP contribution >= 0.6 is 0 Å². The maximum absolute atomic E-state index is 13.2. The predicted molar refractivity (Wildman–Crippen MR) is 104 cm³/mol. The molecule has 6 heteroatoms. The Kier molecular flexibility index (Phi) is 4.39. The average Bonchev–Trinajstić information content (AvgIpc) is 3.27. The van der Waals surface area contributed by atoms with Crippen LogP contribution in [0.1, 0.15) is 40.5 Å². The third-order valence-electron chi connectivity index (χ3n) is 4.76. The minimum Gasteiger partial charge on any atom is -0.350 e. The second kappa shape index (κ2) is 6.87. The van der Waals surface area contributed by atoms with Crippen molar-refractivity contribution in [2.45, 2.75) is 20.3 Å². The van der Waals surface area contributed by atoms with E-state index in [2.05, 4.69) is 10.3 Å². The smallest absolute Gasteiger partial charge is 0.294 e. The van der Waals surface area contributed by atoms with E-state index in [0.717, 1.165) is 17.7 Å². The highest BCUT2D eigenvalue weighted by molar-refractivity contribution is 6.08. The van der Waals surface area contributed by atoms with Gasteiger partial charge in [-0.1, -0.05) is 38.1 Å². The van der Waals surface area contributed by atoms with Crippen LogP contribution in [0.2, 0.25) is 0 Å². The number of hydrogen-bond donors (Lipinski definition) is 1. The molecule has 27 heavy (non-hydrogen) atoms. The minimum absolute atomic E-state index is 0.191. The molecule has 0 atom stereocenters. The molecule has 3 aromatic rings. The van der Waals surface area contributed by atoms with Crippen LogP contribution < -0.4 is 10.2 Å². The Hall–Kier alpha value is -3.15. The molecule has 0 aliphatic carbocycles. The molecule has 0 saturated carbocycles. The lowest BCUT2D eigenvalue weighted by atomic mass is 10.2. The van der Waals surface area contributed by atoms with Gasteiger partial charge >= 0.3 is 0 Å². The zero-order chi connectivity index (χ0) is 19.0. The molecule has 1 N–H and O–H groups in total. The van der Waals surface area contributed by atoms with Crippen molar-refractivity contribution in [1.82, 2.24) is 14.7 Å². The third-order valence-corrected chi connectivity index (χ3v) is 4.76. The molecule has 2 aromatic heterocycles. The Morgan fingerprint density at radius 1 is 1.15 bits per heavy atom. The van der Waals surface area contributed by atoms with E-state index in [0.29, 0.717) is 24.5 Å². The van der Waals surface area contributed by atoms with Crippen LogP contribution in [0.3, 0.4) is 0 Å². The van der Waals surface area contributed by atoms with Crippen molar-refractivity contribution in [2.24, 2.45) is 5.92 Å². The highest BCUT2D eigenvalue weighted by Crippen LogP contribution is 2.29. The van der Waals surface area contributed by atoms with E-state index in [-0.39, 0.29) is 23.3 Å². The maximum atomic E-state index is 13.2. The fraction of sp³-hybridized carbons (Fsp3) is 0.286. The van der Waals surface area contributed by atoms with E-state index in [4.69, 9.17) is 0 Å². The van der Waals surface area contributed by atoms with E-state index >= 15 is 0 Å². The number of nitrogens with zero attached hydrogens (tertiary/aromatic N) is 3. The molecule has 0 fully saturated rings. The van der Waals surface area contributed by atoms with Crippen LogP contribution in [0.15, 0.2) is 48.7 Å². The Labute approximate surface area is 157 Å². The highest BCUT2D eigenvalue weighted by atomic mass is 16.2. The van der Waals surface area contributed by atoms with Crippen LogP contribution in [0.4, 0.5) is 5.69 Å². The number of carbonyl (C=O) groups is 2. The number of pyridine rings is 1. The molecule has 138 valence electrons. The first-order valence-corrected chi connectivity index (χ1v) is 9.21. The Morgan fingerprint density at radius 3 is 2.74 bits per heavy atom. The molecule has 1 aromatic carbocycles. The number of benzene rings is 1. The van der Waals surface area contributed by atoms with Gasteiger partial charge in [0, 0.05) is 25.0 Å². The van der Waals surface area contributed by atoms with Crippen LogP contribution in [-0.4, -0.2) is 34.3 Å². The van der Waals surface area contributed by atoms with Gasteiger partial charge in [-0.25, -0.2) is 4.98 Å². The fourth-order valence-corrected chi connectivity index (χ4v) is 3.41. The van der Waals surface area contributed by atoms with Gasteiger partial charge in [0.2, 0.25) is 5.82 Å². The van der Waals surface area contributed by atoms with E-state index in [1.165, 1.54) is 0 Å². The zero-order valence-corrected chi connectivity index (χ0v) is 15.5. The van der Waals surface area contributed by atoms with Gasteiger partial charge in [0.15, 0.2) is 5.69 Å². The summed E-state index contributed by atoms with van der Waals surface area (Å²) in [6.07, 6.45) is 2.60. The topological polar surface area (TPSA) is 66.7 Å². The van der Waals surface area contributed by atoms with Crippen molar-refractivity contribution in [3.05, 3.63) is 65.7 Å². The predicted octanol–water partition coefficient (Wildman–Crippen LogP) is 2.92. The number of para-hydroxylation sites is 1. The van der Waals surface area contributed by atoms with Crippen molar-refractivity contribution < 1.29 is 9.59 Å². The highest BCUT2D eigenvalue weighted by Gasteiger charge is 2.29. The van der Waals surface area contributed by atoms with Gasteiger partial charge in [-0.05, 0) is 36.1 Å². The summed E-state index contributed by atoms with van der Waals surface area (Å²) in [5, 5.41) is 2.89. The lowest BCUT2D eigenvalue weighted by molar-refractivity contribution is 0.0946. The molecular weight excluding hydrogens is 340 g/mol. The number of imidazole rings is 1. The van der Waals surface area contributed by atoms with Crippen molar-refractivity contribution in [3.63, 3.8) is 0 Å². The standard InChI is InChI=1S/C21H22N4O2/c1-14(2)13-22-20(26)18-17-9-5-6-11-24(17)19(23-18)21(27)25-12-10-15-7-3-4-8-16(15)25/h3-9,11,14H,10,12-13H2,1-2H3,(H,22,26). The second-order valence-corrected chi connectivity index (χ2v) is 7.18. The summed E-state index contributed by atoms with van der Waals surface area (Å²) in [5.74, 6) is 0.152. The second-order valence-electron chi connectivity index (χ2n) is 7.18. The Balaban J connectivity index is 1.72. The molecule has 6 nitrogen and oxygen atoms in total. The van der Waals surface area contributed by atoms with E-state index in [1.807, 2.05) is 56.3 Å². The third kappa shape index (κ3) is 3.07. The van der Waals surface area contributed by atoms with Crippen molar-refractivity contribution in [3.8, 4) is 0 Å². The zero-order valence-electron chi connectivity index (χ0n) is 15.5. The number of fused-ring (bicyclic) bond motifs is 2. The fourth-order valence-electron chi connectivity index (χ4n) is 3.41. The normalized spacial score (nSPS) is 13.2. The Bertz CT molecular complexity index is 1020. The number of hydrogen-bond acceptors (Lipinski definition) is 3. The van der Waals surface area contributed by atoms with Gasteiger partial charge in [-0.15, -0.1) is 0 Å². The molecular formula is C21H22N4O2. The first kappa shape index (κ1) is 17.3. The molecule has 0 spiro atoms. The summed E-state index contributed by atoms with van der Waals surface area (Å²) in [6.45, 7) is 5.25. The summed E-state index contributed by atoms with van der Waals surface area (Å²) >= 11 is 0. The van der Waals surface area contributed by atoms with Crippen LogP contribution in [0.25, 0.3) is 5.52 Å².